The van der Waals surface area contributed by atoms with Crippen LogP contribution in [0.5, 0.6) is 5.88 Å². The highest BCUT2D eigenvalue weighted by Crippen LogP contribution is 2.22. The molecule has 0 aliphatic rings. The molecule has 0 aliphatic carbocycles. The lowest BCUT2D eigenvalue weighted by Gasteiger charge is -2.09. The van der Waals surface area contributed by atoms with Crippen molar-refractivity contribution in [2.24, 2.45) is 0 Å². The Labute approximate surface area is 100 Å². The number of pyridine rings is 1. The number of aromatic carboxylic acids is 1. The van der Waals surface area contributed by atoms with Gasteiger partial charge in [0.25, 0.3) is 0 Å². The minimum Gasteiger partial charge on any atom is -0.477 e. The van der Waals surface area contributed by atoms with Crippen LogP contribution >= 0.6 is 0 Å². The summed E-state index contributed by atoms with van der Waals surface area (Å²) in [5, 5.41) is 8.82. The van der Waals surface area contributed by atoms with Crippen molar-refractivity contribution in [3.05, 3.63) is 17.8 Å². The molecule has 0 fully saturated rings. The number of carboxylic acids is 1. The summed E-state index contributed by atoms with van der Waals surface area (Å²) in [5.41, 5.74) is 5.21. The number of ether oxygens (including phenoxy) is 1. The first-order chi connectivity index (χ1) is 8.29. The maximum atomic E-state index is 11.9. The normalized spacial score (nSPS) is 11.3. The van der Waals surface area contributed by atoms with Crippen LogP contribution in [0.1, 0.15) is 23.2 Å². The molecule has 0 spiro atoms. The second kappa shape index (κ2) is 5.56. The molecule has 0 atom stereocenters. The largest absolute Gasteiger partial charge is 0.477 e. The number of carboxylic acid groups (broad SMARTS) is 1. The average Bonchev–Trinajstić information content (AvgIpc) is 2.24. The molecular formula is C10H11F3N2O3. The van der Waals surface area contributed by atoms with Gasteiger partial charge in [0.2, 0.25) is 5.88 Å². The molecule has 0 aliphatic heterocycles. The van der Waals surface area contributed by atoms with Crippen molar-refractivity contribution < 1.29 is 27.8 Å². The molecule has 1 aromatic heterocycles. The Bertz CT molecular complexity index is 435. The fraction of sp³-hybridized carbons (Fsp3) is 0.400. The van der Waals surface area contributed by atoms with Gasteiger partial charge < -0.3 is 15.6 Å². The van der Waals surface area contributed by atoms with E-state index in [-0.39, 0.29) is 30.2 Å². The number of nitrogen functional groups attached to an aromatic ring is 1. The Morgan fingerprint density at radius 3 is 2.72 bits per heavy atom. The van der Waals surface area contributed by atoms with Gasteiger partial charge in [-0.2, -0.15) is 13.2 Å². The van der Waals surface area contributed by atoms with Crippen LogP contribution in [-0.2, 0) is 0 Å². The summed E-state index contributed by atoms with van der Waals surface area (Å²) in [7, 11) is 0. The third kappa shape index (κ3) is 4.48. The Hall–Kier alpha value is -1.99. The van der Waals surface area contributed by atoms with E-state index in [1.54, 1.807) is 0 Å². The maximum Gasteiger partial charge on any atom is 0.389 e. The van der Waals surface area contributed by atoms with Gasteiger partial charge in [0.05, 0.1) is 18.5 Å². The van der Waals surface area contributed by atoms with E-state index in [0.29, 0.717) is 0 Å². The van der Waals surface area contributed by atoms with Crippen molar-refractivity contribution in [2.45, 2.75) is 19.0 Å². The van der Waals surface area contributed by atoms with Crippen LogP contribution in [0.3, 0.4) is 0 Å². The molecule has 0 bridgehead atoms. The number of anilines is 1. The van der Waals surface area contributed by atoms with Crippen LogP contribution in [0.15, 0.2) is 12.3 Å². The smallest absolute Gasteiger partial charge is 0.389 e. The van der Waals surface area contributed by atoms with E-state index < -0.39 is 18.6 Å². The Kier molecular flexibility index (Phi) is 4.35. The van der Waals surface area contributed by atoms with Crippen molar-refractivity contribution >= 4 is 11.7 Å². The van der Waals surface area contributed by atoms with Gasteiger partial charge in [0.15, 0.2) is 0 Å². The van der Waals surface area contributed by atoms with Crippen molar-refractivity contribution in [1.82, 2.24) is 4.98 Å². The van der Waals surface area contributed by atoms with Crippen molar-refractivity contribution in [2.75, 3.05) is 12.3 Å². The lowest BCUT2D eigenvalue weighted by molar-refractivity contribution is -0.136. The van der Waals surface area contributed by atoms with Gasteiger partial charge in [-0.1, -0.05) is 0 Å². The monoisotopic (exact) mass is 264 g/mol. The van der Waals surface area contributed by atoms with Crippen LogP contribution in [0.25, 0.3) is 0 Å². The fourth-order valence-electron chi connectivity index (χ4n) is 1.18. The van der Waals surface area contributed by atoms with Gasteiger partial charge in [-0.3, -0.25) is 0 Å². The highest BCUT2D eigenvalue weighted by molar-refractivity contribution is 5.91. The van der Waals surface area contributed by atoms with Gasteiger partial charge >= 0.3 is 12.1 Å². The molecule has 3 N–H and O–H groups in total. The Morgan fingerprint density at radius 2 is 2.17 bits per heavy atom. The van der Waals surface area contributed by atoms with E-state index >= 15 is 0 Å². The van der Waals surface area contributed by atoms with Crippen LogP contribution in [0.4, 0.5) is 18.9 Å². The van der Waals surface area contributed by atoms with E-state index in [2.05, 4.69) is 4.98 Å². The lowest BCUT2D eigenvalue weighted by Crippen LogP contribution is -2.11. The first kappa shape index (κ1) is 14.1. The molecule has 0 aromatic carbocycles. The molecule has 0 saturated carbocycles. The summed E-state index contributed by atoms with van der Waals surface area (Å²) in [5.74, 6) is -1.54. The summed E-state index contributed by atoms with van der Waals surface area (Å²) in [6, 6.07) is 1.13. The number of halogens is 3. The molecule has 1 heterocycles. The van der Waals surface area contributed by atoms with Gasteiger partial charge in [0.1, 0.15) is 5.56 Å². The predicted molar refractivity (Wildman–Crippen MR) is 56.4 cm³/mol. The van der Waals surface area contributed by atoms with Crippen molar-refractivity contribution in [3.63, 3.8) is 0 Å². The summed E-state index contributed by atoms with van der Waals surface area (Å²) in [6.07, 6.45) is -4.35. The Balaban J connectivity index is 2.59. The zero-order valence-electron chi connectivity index (χ0n) is 9.20. The van der Waals surface area contributed by atoms with Gasteiger partial charge in [-0.15, -0.1) is 0 Å². The standard InChI is InChI=1S/C10H11F3N2O3/c11-10(12,13)2-1-3-18-8-7(9(16)17)4-6(14)5-15-8/h4-5H,1-3,14H2,(H,16,17). The van der Waals surface area contributed by atoms with E-state index in [0.717, 1.165) is 6.07 Å². The average molecular weight is 264 g/mol. The number of hydrogen-bond acceptors (Lipinski definition) is 4. The molecule has 1 rings (SSSR count). The highest BCUT2D eigenvalue weighted by Gasteiger charge is 2.26. The van der Waals surface area contributed by atoms with Gasteiger partial charge in [-0.05, 0) is 12.5 Å². The summed E-state index contributed by atoms with van der Waals surface area (Å²) >= 11 is 0. The second-order valence-corrected chi connectivity index (χ2v) is 3.49. The SMILES string of the molecule is Nc1cnc(OCCCC(F)(F)F)c(C(=O)O)c1. The number of aromatic nitrogens is 1. The number of rotatable bonds is 5. The van der Waals surface area contributed by atoms with Gasteiger partial charge in [0, 0.05) is 6.42 Å². The second-order valence-electron chi connectivity index (χ2n) is 3.49. The molecule has 0 radical (unpaired) electrons. The molecule has 18 heavy (non-hydrogen) atoms. The molecule has 0 amide bonds. The van der Waals surface area contributed by atoms with E-state index in [9.17, 15) is 18.0 Å². The van der Waals surface area contributed by atoms with E-state index in [4.69, 9.17) is 15.6 Å². The molecular weight excluding hydrogens is 253 g/mol. The molecule has 1 aromatic rings. The van der Waals surface area contributed by atoms with Crippen LogP contribution in [0, 0.1) is 0 Å². The molecule has 100 valence electrons. The third-order valence-corrected chi connectivity index (χ3v) is 1.95. The maximum absolute atomic E-state index is 11.9. The third-order valence-electron chi connectivity index (χ3n) is 1.95. The molecule has 8 heteroatoms. The van der Waals surface area contributed by atoms with Crippen LogP contribution < -0.4 is 10.5 Å². The summed E-state index contributed by atoms with van der Waals surface area (Å²) in [4.78, 5) is 14.4. The minimum absolute atomic E-state index is 0.134. The van der Waals surface area contributed by atoms with Crippen molar-refractivity contribution in [3.8, 4) is 5.88 Å². The topological polar surface area (TPSA) is 85.4 Å². The quantitative estimate of drug-likeness (QED) is 0.795. The number of alkyl halides is 3. The predicted octanol–water partition coefficient (Wildman–Crippen LogP) is 2.08. The fourth-order valence-corrected chi connectivity index (χ4v) is 1.18. The highest BCUT2D eigenvalue weighted by atomic mass is 19.4. The number of nitrogens with zero attached hydrogens (tertiary/aromatic N) is 1. The Morgan fingerprint density at radius 1 is 1.50 bits per heavy atom. The summed E-state index contributed by atoms with van der Waals surface area (Å²) in [6.45, 7) is -0.267. The van der Waals surface area contributed by atoms with Crippen molar-refractivity contribution in [1.29, 1.82) is 0 Å². The molecule has 0 unspecified atom stereocenters. The molecule has 5 nitrogen and oxygen atoms in total. The van der Waals surface area contributed by atoms with E-state index in [1.165, 1.54) is 6.20 Å². The first-order valence-electron chi connectivity index (χ1n) is 4.98. The first-order valence-corrected chi connectivity index (χ1v) is 4.98. The summed E-state index contributed by atoms with van der Waals surface area (Å²) < 4.78 is 40.5. The number of hydrogen-bond donors (Lipinski definition) is 2. The number of carbonyl (C=O) groups is 1. The number of nitrogens with two attached hydrogens (primary N) is 1. The lowest BCUT2D eigenvalue weighted by atomic mass is 10.2. The van der Waals surface area contributed by atoms with Crippen LogP contribution in [-0.4, -0.2) is 28.8 Å². The zero-order chi connectivity index (χ0) is 13.8. The molecule has 0 saturated heterocycles. The van der Waals surface area contributed by atoms with Gasteiger partial charge in [-0.25, -0.2) is 9.78 Å². The van der Waals surface area contributed by atoms with E-state index in [1.807, 2.05) is 0 Å². The zero-order valence-corrected chi connectivity index (χ0v) is 9.20. The minimum atomic E-state index is -4.26. The van der Waals surface area contributed by atoms with Crippen LogP contribution in [0.2, 0.25) is 0 Å².